The Bertz CT molecular complexity index is 312. The second kappa shape index (κ2) is 8.82. The van der Waals surface area contributed by atoms with Gasteiger partial charge in [0.15, 0.2) is 0 Å². The zero-order chi connectivity index (χ0) is 15.0. The third-order valence-electron chi connectivity index (χ3n) is 4.45. The van der Waals surface area contributed by atoms with Gasteiger partial charge in [-0.3, -0.25) is 4.79 Å². The molecule has 116 valence electrons. The van der Waals surface area contributed by atoms with Crippen molar-refractivity contribution >= 4 is 12.0 Å². The molecule has 1 aliphatic rings. The fraction of sp³-hybridized carbons (Fsp3) is 0.867. The Balaban J connectivity index is 2.15. The van der Waals surface area contributed by atoms with Crippen molar-refractivity contribution in [2.75, 3.05) is 13.1 Å². The van der Waals surface area contributed by atoms with Crippen LogP contribution in [0.3, 0.4) is 0 Å². The third-order valence-corrected chi connectivity index (χ3v) is 4.45. The minimum atomic E-state index is -0.856. The highest BCUT2D eigenvalue weighted by molar-refractivity contribution is 5.75. The molecule has 0 aromatic heterocycles. The van der Waals surface area contributed by atoms with Gasteiger partial charge in [-0.25, -0.2) is 4.79 Å². The van der Waals surface area contributed by atoms with Gasteiger partial charge in [-0.2, -0.15) is 0 Å². The molecule has 0 heterocycles. The number of carbonyl (C=O) groups excluding carboxylic acids is 1. The van der Waals surface area contributed by atoms with Gasteiger partial charge in [-0.1, -0.05) is 33.1 Å². The van der Waals surface area contributed by atoms with E-state index < -0.39 is 11.9 Å². The van der Waals surface area contributed by atoms with E-state index in [0.29, 0.717) is 18.9 Å². The van der Waals surface area contributed by atoms with E-state index in [2.05, 4.69) is 17.6 Å². The summed E-state index contributed by atoms with van der Waals surface area (Å²) in [6.07, 6.45) is 6.69. The smallest absolute Gasteiger partial charge is 0.314 e. The number of hydrogen-bond acceptors (Lipinski definition) is 2. The van der Waals surface area contributed by atoms with Crippen molar-refractivity contribution in [2.45, 2.75) is 52.4 Å². The Labute approximate surface area is 121 Å². The molecule has 3 N–H and O–H groups in total. The van der Waals surface area contributed by atoms with Gasteiger partial charge >= 0.3 is 12.0 Å². The second-order valence-corrected chi connectivity index (χ2v) is 5.83. The van der Waals surface area contributed by atoms with Crippen LogP contribution in [0, 0.1) is 17.8 Å². The minimum Gasteiger partial charge on any atom is -0.481 e. The Morgan fingerprint density at radius 2 is 1.70 bits per heavy atom. The molecule has 1 atom stereocenters. The molecule has 1 fully saturated rings. The molecule has 0 aromatic carbocycles. The topological polar surface area (TPSA) is 78.4 Å². The van der Waals surface area contributed by atoms with Crippen LogP contribution in [-0.4, -0.2) is 30.2 Å². The predicted octanol–water partition coefficient (Wildman–Crippen LogP) is 2.61. The first-order chi connectivity index (χ1) is 9.56. The highest BCUT2D eigenvalue weighted by Gasteiger charge is 2.20. The summed E-state index contributed by atoms with van der Waals surface area (Å²) >= 11 is 0. The monoisotopic (exact) mass is 284 g/mol. The van der Waals surface area contributed by atoms with E-state index in [0.717, 1.165) is 5.92 Å². The van der Waals surface area contributed by atoms with Gasteiger partial charge in [0.2, 0.25) is 0 Å². The zero-order valence-corrected chi connectivity index (χ0v) is 12.7. The molecule has 1 unspecified atom stereocenters. The van der Waals surface area contributed by atoms with E-state index in [-0.39, 0.29) is 12.6 Å². The van der Waals surface area contributed by atoms with Gasteiger partial charge in [0.25, 0.3) is 0 Å². The maximum Gasteiger partial charge on any atom is 0.314 e. The summed E-state index contributed by atoms with van der Waals surface area (Å²) in [7, 11) is 0. The first-order valence-corrected chi connectivity index (χ1v) is 7.81. The average Bonchev–Trinajstić information content (AvgIpc) is 2.46. The second-order valence-electron chi connectivity index (χ2n) is 5.83. The summed E-state index contributed by atoms with van der Waals surface area (Å²) in [6.45, 7) is 4.94. The van der Waals surface area contributed by atoms with E-state index in [9.17, 15) is 9.59 Å². The van der Waals surface area contributed by atoms with Crippen molar-refractivity contribution in [3.63, 3.8) is 0 Å². The van der Waals surface area contributed by atoms with Gasteiger partial charge in [0, 0.05) is 13.1 Å². The maximum atomic E-state index is 11.6. The number of hydrogen-bond donors (Lipinski definition) is 3. The van der Waals surface area contributed by atoms with Crippen molar-refractivity contribution in [1.82, 2.24) is 10.6 Å². The number of carbonyl (C=O) groups is 2. The molecule has 1 aliphatic carbocycles. The Hall–Kier alpha value is -1.26. The van der Waals surface area contributed by atoms with Crippen LogP contribution in [0.2, 0.25) is 0 Å². The number of urea groups is 1. The minimum absolute atomic E-state index is 0.195. The molecule has 1 rings (SSSR count). The molecule has 0 bridgehead atoms. The zero-order valence-electron chi connectivity index (χ0n) is 12.7. The normalized spacial score (nSPS) is 23.9. The summed E-state index contributed by atoms with van der Waals surface area (Å²) in [5, 5.41) is 14.4. The van der Waals surface area contributed by atoms with E-state index in [4.69, 9.17) is 5.11 Å². The Morgan fingerprint density at radius 1 is 1.10 bits per heavy atom. The van der Waals surface area contributed by atoms with Crippen LogP contribution in [-0.2, 0) is 4.79 Å². The quantitative estimate of drug-likeness (QED) is 0.672. The van der Waals surface area contributed by atoms with Crippen LogP contribution in [0.1, 0.15) is 52.4 Å². The number of aliphatic carboxylic acids is 1. The van der Waals surface area contributed by atoms with E-state index >= 15 is 0 Å². The SMILES string of the molecule is CCC1CCC(CNC(=O)NCC(CC)C(=O)O)CC1. The lowest BCUT2D eigenvalue weighted by atomic mass is 9.81. The number of amides is 2. The molecule has 5 heteroatoms. The first kappa shape index (κ1) is 16.8. The highest BCUT2D eigenvalue weighted by atomic mass is 16.4. The van der Waals surface area contributed by atoms with Crippen LogP contribution < -0.4 is 10.6 Å². The molecule has 0 radical (unpaired) electrons. The van der Waals surface area contributed by atoms with E-state index in [1.165, 1.54) is 32.1 Å². The van der Waals surface area contributed by atoms with Gasteiger partial charge in [0.1, 0.15) is 0 Å². The van der Waals surface area contributed by atoms with Crippen molar-refractivity contribution in [2.24, 2.45) is 17.8 Å². The lowest BCUT2D eigenvalue weighted by Gasteiger charge is -2.27. The van der Waals surface area contributed by atoms with Crippen LogP contribution in [0.15, 0.2) is 0 Å². The van der Waals surface area contributed by atoms with E-state index in [1.807, 2.05) is 6.92 Å². The average molecular weight is 284 g/mol. The standard InChI is InChI=1S/C15H28N2O3/c1-3-11-5-7-12(8-6-11)9-16-15(20)17-10-13(4-2)14(18)19/h11-13H,3-10H2,1-2H3,(H,18,19)(H2,16,17,20). The lowest BCUT2D eigenvalue weighted by molar-refractivity contribution is -0.141. The van der Waals surface area contributed by atoms with Crippen LogP contribution in [0.5, 0.6) is 0 Å². The summed E-state index contributed by atoms with van der Waals surface area (Å²) in [5.41, 5.74) is 0. The van der Waals surface area contributed by atoms with Crippen molar-refractivity contribution in [1.29, 1.82) is 0 Å². The fourth-order valence-corrected chi connectivity index (χ4v) is 2.77. The van der Waals surface area contributed by atoms with Crippen LogP contribution in [0.4, 0.5) is 4.79 Å². The molecule has 0 aromatic rings. The number of carboxylic acids is 1. The van der Waals surface area contributed by atoms with Gasteiger partial charge < -0.3 is 15.7 Å². The summed E-state index contributed by atoms with van der Waals surface area (Å²) in [4.78, 5) is 22.5. The van der Waals surface area contributed by atoms with Crippen molar-refractivity contribution in [3.8, 4) is 0 Å². The molecule has 0 saturated heterocycles. The fourth-order valence-electron chi connectivity index (χ4n) is 2.77. The molecule has 2 amide bonds. The Kier molecular flexibility index (Phi) is 7.41. The molecule has 1 saturated carbocycles. The summed E-state index contributed by atoms with van der Waals surface area (Å²) in [5.74, 6) is 0.0809. The molecular formula is C15H28N2O3. The third kappa shape index (κ3) is 5.80. The van der Waals surface area contributed by atoms with Crippen molar-refractivity contribution < 1.29 is 14.7 Å². The van der Waals surface area contributed by atoms with Crippen LogP contribution in [0.25, 0.3) is 0 Å². The highest BCUT2D eigenvalue weighted by Crippen LogP contribution is 2.29. The summed E-state index contributed by atoms with van der Waals surface area (Å²) in [6, 6.07) is -0.248. The molecule has 20 heavy (non-hydrogen) atoms. The van der Waals surface area contributed by atoms with E-state index in [1.54, 1.807) is 0 Å². The Morgan fingerprint density at radius 3 is 2.20 bits per heavy atom. The largest absolute Gasteiger partial charge is 0.481 e. The molecule has 0 spiro atoms. The first-order valence-electron chi connectivity index (χ1n) is 7.81. The van der Waals surface area contributed by atoms with Gasteiger partial charge in [-0.05, 0) is 31.1 Å². The van der Waals surface area contributed by atoms with Crippen molar-refractivity contribution in [3.05, 3.63) is 0 Å². The number of rotatable bonds is 7. The number of carboxylic acid groups (broad SMARTS) is 1. The van der Waals surface area contributed by atoms with Gasteiger partial charge in [0.05, 0.1) is 5.92 Å². The van der Waals surface area contributed by atoms with Crippen LogP contribution >= 0.6 is 0 Å². The maximum absolute atomic E-state index is 11.6. The van der Waals surface area contributed by atoms with Gasteiger partial charge in [-0.15, -0.1) is 0 Å². The summed E-state index contributed by atoms with van der Waals surface area (Å²) < 4.78 is 0. The lowest BCUT2D eigenvalue weighted by Crippen LogP contribution is -2.42. The predicted molar refractivity (Wildman–Crippen MR) is 78.6 cm³/mol. The number of nitrogens with one attached hydrogen (secondary N) is 2. The molecule has 5 nitrogen and oxygen atoms in total. The molecule has 0 aliphatic heterocycles. The molecular weight excluding hydrogens is 256 g/mol.